The number of phenolic OH excluding ortho intramolecular Hbond substituents is 1. The number of nitrogens with two attached hydrogens (primary N) is 1. The summed E-state index contributed by atoms with van der Waals surface area (Å²) in [6.07, 6.45) is 15.2. The maximum Gasteiger partial charge on any atom is 0.258 e. The Labute approximate surface area is 160 Å². The van der Waals surface area contributed by atoms with E-state index in [9.17, 15) is 9.90 Å². The molecule has 1 amide bonds. The Bertz CT molecular complexity index is 772. The summed E-state index contributed by atoms with van der Waals surface area (Å²) in [5.74, 6) is -0.0372. The summed E-state index contributed by atoms with van der Waals surface area (Å²) in [5.41, 5.74) is 7.43. The van der Waals surface area contributed by atoms with Crippen molar-refractivity contribution in [1.82, 2.24) is 5.32 Å². The number of nitrogens with one attached hydrogen (secondary N) is 1. The molecule has 3 rings (SSSR count). The van der Waals surface area contributed by atoms with Crippen molar-refractivity contribution in [3.63, 3.8) is 0 Å². The SMILES string of the molecule is COc1cccc(O)c1C(=O)NCC1(C2=CCC=CC=C2)CCC(N)CC1. The number of rotatable bonds is 5. The third kappa shape index (κ3) is 4.25. The van der Waals surface area contributed by atoms with Gasteiger partial charge in [-0.05, 0) is 49.8 Å². The van der Waals surface area contributed by atoms with E-state index in [0.29, 0.717) is 12.3 Å². The van der Waals surface area contributed by atoms with Crippen LogP contribution in [0.4, 0.5) is 0 Å². The predicted molar refractivity (Wildman–Crippen MR) is 107 cm³/mol. The standard InChI is InChI=1S/C22H28N2O3/c1-27-19-10-6-9-18(25)20(19)21(26)24-15-22(13-11-17(23)12-14-22)16-7-4-2-3-5-8-16/h2-4,6-10,17,25H,5,11-15,23H2,1H3,(H,24,26). The first-order chi connectivity index (χ1) is 13.1. The lowest BCUT2D eigenvalue weighted by atomic mass is 9.67. The molecule has 5 nitrogen and oxygen atoms in total. The first-order valence-corrected chi connectivity index (χ1v) is 9.49. The lowest BCUT2D eigenvalue weighted by Crippen LogP contribution is -2.43. The molecule has 0 heterocycles. The summed E-state index contributed by atoms with van der Waals surface area (Å²) in [5, 5.41) is 13.2. The van der Waals surface area contributed by atoms with Gasteiger partial charge in [0.05, 0.1) is 7.11 Å². The Hall–Kier alpha value is -2.53. The second-order valence-corrected chi connectivity index (χ2v) is 7.34. The molecular formula is C22H28N2O3. The third-order valence-corrected chi connectivity index (χ3v) is 5.64. The molecule has 0 atom stereocenters. The third-order valence-electron chi connectivity index (χ3n) is 5.64. The zero-order chi connectivity index (χ0) is 19.3. The van der Waals surface area contributed by atoms with Crippen LogP contribution in [0, 0.1) is 5.41 Å². The van der Waals surface area contributed by atoms with Crippen LogP contribution in [-0.4, -0.2) is 30.7 Å². The topological polar surface area (TPSA) is 84.6 Å². The monoisotopic (exact) mass is 368 g/mol. The van der Waals surface area contributed by atoms with Gasteiger partial charge in [0.2, 0.25) is 0 Å². The van der Waals surface area contributed by atoms with E-state index in [1.165, 1.54) is 18.7 Å². The van der Waals surface area contributed by atoms with Gasteiger partial charge in [-0.15, -0.1) is 0 Å². The van der Waals surface area contributed by atoms with Crippen LogP contribution in [0.3, 0.4) is 0 Å². The van der Waals surface area contributed by atoms with Crippen molar-refractivity contribution in [3.8, 4) is 11.5 Å². The van der Waals surface area contributed by atoms with Crippen LogP contribution in [0.5, 0.6) is 11.5 Å². The first kappa shape index (κ1) is 19.2. The fraction of sp³-hybridized carbons (Fsp3) is 0.409. The number of phenols is 1. The Morgan fingerprint density at radius 2 is 2.11 bits per heavy atom. The summed E-state index contributed by atoms with van der Waals surface area (Å²) < 4.78 is 5.24. The fourth-order valence-corrected chi connectivity index (χ4v) is 3.99. The summed E-state index contributed by atoms with van der Waals surface area (Å²) in [4.78, 5) is 12.8. The molecule has 1 aromatic carbocycles. The van der Waals surface area contributed by atoms with Gasteiger partial charge >= 0.3 is 0 Å². The number of hydrogen-bond acceptors (Lipinski definition) is 4. The van der Waals surface area contributed by atoms with Gasteiger partial charge in [-0.1, -0.05) is 36.4 Å². The van der Waals surface area contributed by atoms with Crippen molar-refractivity contribution >= 4 is 5.91 Å². The van der Waals surface area contributed by atoms with Gasteiger partial charge in [0.1, 0.15) is 17.1 Å². The van der Waals surface area contributed by atoms with E-state index in [2.05, 4.69) is 35.7 Å². The molecule has 1 fully saturated rings. The van der Waals surface area contributed by atoms with Crippen molar-refractivity contribution in [2.45, 2.75) is 38.1 Å². The minimum atomic E-state index is -0.324. The molecule has 1 aromatic rings. The Morgan fingerprint density at radius 1 is 1.33 bits per heavy atom. The van der Waals surface area contributed by atoms with Crippen molar-refractivity contribution in [2.24, 2.45) is 11.1 Å². The average Bonchev–Trinajstić information content (AvgIpc) is 2.97. The molecule has 5 heteroatoms. The molecular weight excluding hydrogens is 340 g/mol. The second kappa shape index (κ2) is 8.44. The second-order valence-electron chi connectivity index (χ2n) is 7.34. The van der Waals surface area contributed by atoms with Gasteiger partial charge in [0.25, 0.3) is 5.91 Å². The van der Waals surface area contributed by atoms with Gasteiger partial charge in [-0.3, -0.25) is 4.79 Å². The molecule has 2 aliphatic rings. The highest BCUT2D eigenvalue weighted by molar-refractivity contribution is 5.99. The largest absolute Gasteiger partial charge is 0.507 e. The number of amides is 1. The number of methoxy groups -OCH3 is 1. The Kier molecular flexibility index (Phi) is 6.01. The van der Waals surface area contributed by atoms with E-state index >= 15 is 0 Å². The number of ether oxygens (including phenoxy) is 1. The quantitative estimate of drug-likeness (QED) is 0.743. The van der Waals surface area contributed by atoms with E-state index in [0.717, 1.165) is 32.1 Å². The van der Waals surface area contributed by atoms with Crippen molar-refractivity contribution in [2.75, 3.05) is 13.7 Å². The van der Waals surface area contributed by atoms with Gasteiger partial charge < -0.3 is 20.9 Å². The number of aromatic hydroxyl groups is 1. The van der Waals surface area contributed by atoms with Crippen LogP contribution in [0.2, 0.25) is 0 Å². The maximum atomic E-state index is 12.8. The molecule has 0 spiro atoms. The highest BCUT2D eigenvalue weighted by atomic mass is 16.5. The van der Waals surface area contributed by atoms with Gasteiger partial charge in [0, 0.05) is 18.0 Å². The highest BCUT2D eigenvalue weighted by Crippen LogP contribution is 2.43. The number of carbonyl (C=O) groups excluding carboxylic acids is 1. The number of benzene rings is 1. The molecule has 0 aromatic heterocycles. The Morgan fingerprint density at radius 3 is 2.85 bits per heavy atom. The van der Waals surface area contributed by atoms with Crippen molar-refractivity contribution in [1.29, 1.82) is 0 Å². The molecule has 0 aliphatic heterocycles. The van der Waals surface area contributed by atoms with Crippen molar-refractivity contribution in [3.05, 3.63) is 59.7 Å². The predicted octanol–water partition coefficient (Wildman–Crippen LogP) is 3.46. The van der Waals surface area contributed by atoms with Crippen LogP contribution in [0.25, 0.3) is 0 Å². The lowest BCUT2D eigenvalue weighted by Gasteiger charge is -2.41. The summed E-state index contributed by atoms with van der Waals surface area (Å²) in [6, 6.07) is 5.05. The van der Waals surface area contributed by atoms with Crippen LogP contribution < -0.4 is 15.8 Å². The average molecular weight is 368 g/mol. The van der Waals surface area contributed by atoms with Crippen LogP contribution in [0.1, 0.15) is 42.5 Å². The van der Waals surface area contributed by atoms with E-state index < -0.39 is 0 Å². The molecule has 4 N–H and O–H groups in total. The zero-order valence-corrected chi connectivity index (χ0v) is 15.8. The maximum absolute atomic E-state index is 12.8. The van der Waals surface area contributed by atoms with Crippen molar-refractivity contribution < 1.29 is 14.6 Å². The molecule has 0 bridgehead atoms. The molecule has 2 aliphatic carbocycles. The molecule has 0 unspecified atom stereocenters. The van der Waals surface area contributed by atoms with E-state index in [4.69, 9.17) is 10.5 Å². The normalized spacial score (nSPS) is 24.8. The van der Waals surface area contributed by atoms with E-state index in [1.807, 2.05) is 0 Å². The van der Waals surface area contributed by atoms with Gasteiger partial charge in [0.15, 0.2) is 0 Å². The minimum Gasteiger partial charge on any atom is -0.507 e. The number of hydrogen-bond donors (Lipinski definition) is 3. The van der Waals surface area contributed by atoms with E-state index in [1.54, 1.807) is 12.1 Å². The molecule has 0 saturated heterocycles. The highest BCUT2D eigenvalue weighted by Gasteiger charge is 2.37. The summed E-state index contributed by atoms with van der Waals surface area (Å²) in [6.45, 7) is 0.506. The molecule has 144 valence electrons. The number of allylic oxidation sites excluding steroid dienone is 5. The fourth-order valence-electron chi connectivity index (χ4n) is 3.99. The zero-order valence-electron chi connectivity index (χ0n) is 15.8. The molecule has 0 radical (unpaired) electrons. The van der Waals surface area contributed by atoms with Gasteiger partial charge in [-0.25, -0.2) is 0 Å². The van der Waals surface area contributed by atoms with Crippen LogP contribution >= 0.6 is 0 Å². The smallest absolute Gasteiger partial charge is 0.258 e. The minimum absolute atomic E-state index is 0.0793. The van der Waals surface area contributed by atoms with Crippen LogP contribution in [0.15, 0.2) is 54.2 Å². The first-order valence-electron chi connectivity index (χ1n) is 9.49. The number of carbonyl (C=O) groups is 1. The summed E-state index contributed by atoms with van der Waals surface area (Å²) >= 11 is 0. The van der Waals surface area contributed by atoms with Gasteiger partial charge in [-0.2, -0.15) is 0 Å². The summed E-state index contributed by atoms with van der Waals surface area (Å²) in [7, 11) is 1.49. The molecule has 1 saturated carbocycles. The lowest BCUT2D eigenvalue weighted by molar-refractivity contribution is 0.0919. The molecule has 27 heavy (non-hydrogen) atoms. The van der Waals surface area contributed by atoms with Crippen LogP contribution in [-0.2, 0) is 0 Å². The Balaban J connectivity index is 1.82. The van der Waals surface area contributed by atoms with E-state index in [-0.39, 0.29) is 28.7 Å².